The average Bonchev–Trinajstić information content (AvgIpc) is 3.36. The number of carbonyl (C=O) groups is 1. The number of unbranched alkanes of at least 4 members (excludes halogenated alkanes) is 1. The zero-order valence-corrected chi connectivity index (χ0v) is 17.7. The molecule has 1 amide bonds. The molecular weight excluding hydrogens is 394 g/mol. The minimum Gasteiger partial charge on any atom is -0.454 e. The second kappa shape index (κ2) is 8.02. The van der Waals surface area contributed by atoms with Crippen molar-refractivity contribution >= 4 is 5.91 Å². The molecule has 5 rings (SSSR count). The number of carbonyl (C=O) groups excluding carboxylic acids is 1. The lowest BCUT2D eigenvalue weighted by molar-refractivity contribution is 0.0792. The van der Waals surface area contributed by atoms with E-state index in [9.17, 15) is 4.79 Å². The van der Waals surface area contributed by atoms with E-state index in [-0.39, 0.29) is 12.7 Å². The second-order valence-corrected chi connectivity index (χ2v) is 8.02. The van der Waals surface area contributed by atoms with E-state index >= 15 is 0 Å². The van der Waals surface area contributed by atoms with Crippen molar-refractivity contribution in [3.8, 4) is 28.7 Å². The van der Waals surface area contributed by atoms with Crippen molar-refractivity contribution in [3.05, 3.63) is 47.9 Å². The summed E-state index contributed by atoms with van der Waals surface area (Å²) >= 11 is 0. The number of ether oxygens (including phenoxy) is 2. The molecule has 0 saturated heterocycles. The number of amides is 1. The van der Waals surface area contributed by atoms with Crippen LogP contribution in [0.5, 0.6) is 11.5 Å². The van der Waals surface area contributed by atoms with Gasteiger partial charge in [0, 0.05) is 31.3 Å². The molecule has 0 bridgehead atoms. The monoisotopic (exact) mass is 419 g/mol. The molecule has 3 heterocycles. The van der Waals surface area contributed by atoms with Gasteiger partial charge in [-0.15, -0.1) is 0 Å². The standard InChI is InChI=1S/C23H25N5O3/c1-3-4-11-27(2)22(29)17-13-25-28(21(17)15-5-6-15)23-24-10-9-18(26-23)16-7-8-19-20(12-16)31-14-30-19/h7-10,12-13,15H,3-6,11,14H2,1-2H3. The first kappa shape index (κ1) is 19.5. The Morgan fingerprint density at radius 3 is 2.87 bits per heavy atom. The van der Waals surface area contributed by atoms with E-state index in [4.69, 9.17) is 14.5 Å². The van der Waals surface area contributed by atoms with Crippen molar-refractivity contribution in [3.63, 3.8) is 0 Å². The first-order chi connectivity index (χ1) is 15.2. The maximum absolute atomic E-state index is 13.1. The Balaban J connectivity index is 1.49. The third-order valence-corrected chi connectivity index (χ3v) is 5.70. The second-order valence-electron chi connectivity index (χ2n) is 8.02. The van der Waals surface area contributed by atoms with Gasteiger partial charge in [-0.05, 0) is 43.5 Å². The predicted octanol–water partition coefficient (Wildman–Crippen LogP) is 3.81. The van der Waals surface area contributed by atoms with Crippen LogP contribution in [0.2, 0.25) is 0 Å². The fraction of sp³-hybridized carbons (Fsp3) is 0.391. The number of hydrogen-bond donors (Lipinski definition) is 0. The summed E-state index contributed by atoms with van der Waals surface area (Å²) in [5.74, 6) is 2.23. The Hall–Kier alpha value is -3.42. The van der Waals surface area contributed by atoms with Crippen LogP contribution in [-0.2, 0) is 0 Å². The number of aromatic nitrogens is 4. The highest BCUT2D eigenvalue weighted by molar-refractivity contribution is 5.95. The molecule has 0 radical (unpaired) electrons. The lowest BCUT2D eigenvalue weighted by atomic mass is 10.1. The van der Waals surface area contributed by atoms with E-state index in [1.807, 2.05) is 31.3 Å². The molecule has 2 aromatic heterocycles. The smallest absolute Gasteiger partial charge is 0.257 e. The van der Waals surface area contributed by atoms with E-state index in [1.165, 1.54) is 0 Å². The minimum atomic E-state index is 0.00789. The van der Waals surface area contributed by atoms with Gasteiger partial charge in [-0.25, -0.2) is 14.6 Å². The first-order valence-electron chi connectivity index (χ1n) is 10.7. The molecule has 31 heavy (non-hydrogen) atoms. The fourth-order valence-corrected chi connectivity index (χ4v) is 3.80. The number of nitrogens with zero attached hydrogens (tertiary/aromatic N) is 5. The van der Waals surface area contributed by atoms with Crippen molar-refractivity contribution in [2.75, 3.05) is 20.4 Å². The molecule has 3 aromatic rings. The molecule has 0 unspecified atom stereocenters. The minimum absolute atomic E-state index is 0.00789. The normalized spacial score (nSPS) is 14.6. The van der Waals surface area contributed by atoms with Gasteiger partial charge in [0.1, 0.15) is 0 Å². The molecule has 1 fully saturated rings. The van der Waals surface area contributed by atoms with E-state index in [1.54, 1.807) is 22.0 Å². The molecule has 2 aliphatic rings. The van der Waals surface area contributed by atoms with Crippen LogP contribution in [0.1, 0.15) is 54.6 Å². The quantitative estimate of drug-likeness (QED) is 0.579. The van der Waals surface area contributed by atoms with Gasteiger partial charge in [0.05, 0.1) is 23.1 Å². The number of hydrogen-bond acceptors (Lipinski definition) is 6. The van der Waals surface area contributed by atoms with Gasteiger partial charge in [0.25, 0.3) is 11.9 Å². The third-order valence-electron chi connectivity index (χ3n) is 5.70. The topological polar surface area (TPSA) is 82.4 Å². The largest absolute Gasteiger partial charge is 0.454 e. The fourth-order valence-electron chi connectivity index (χ4n) is 3.80. The number of benzene rings is 1. The molecule has 160 valence electrons. The zero-order valence-electron chi connectivity index (χ0n) is 17.7. The maximum Gasteiger partial charge on any atom is 0.257 e. The summed E-state index contributed by atoms with van der Waals surface area (Å²) in [4.78, 5) is 24.0. The summed E-state index contributed by atoms with van der Waals surface area (Å²) in [6.45, 7) is 3.09. The van der Waals surface area contributed by atoms with Crippen LogP contribution in [0.3, 0.4) is 0 Å². The Labute approximate surface area is 180 Å². The highest BCUT2D eigenvalue weighted by Crippen LogP contribution is 2.42. The SMILES string of the molecule is CCCCN(C)C(=O)c1cnn(-c2nccc(-c3ccc4c(c3)OCO4)n2)c1C1CC1. The van der Waals surface area contributed by atoms with Crippen molar-refractivity contribution in [1.82, 2.24) is 24.6 Å². The van der Waals surface area contributed by atoms with Crippen molar-refractivity contribution in [2.24, 2.45) is 0 Å². The van der Waals surface area contributed by atoms with Crippen LogP contribution in [0.15, 0.2) is 36.7 Å². The predicted molar refractivity (Wildman–Crippen MR) is 115 cm³/mol. The molecular formula is C23H25N5O3. The highest BCUT2D eigenvalue weighted by atomic mass is 16.7. The lowest BCUT2D eigenvalue weighted by Gasteiger charge is -2.17. The van der Waals surface area contributed by atoms with Gasteiger partial charge >= 0.3 is 0 Å². The van der Waals surface area contributed by atoms with Gasteiger partial charge in [0.2, 0.25) is 6.79 Å². The molecule has 1 aromatic carbocycles. The van der Waals surface area contributed by atoms with E-state index in [0.29, 0.717) is 23.2 Å². The van der Waals surface area contributed by atoms with Crippen LogP contribution in [0.4, 0.5) is 0 Å². The van der Waals surface area contributed by atoms with Crippen LogP contribution in [-0.4, -0.2) is 50.9 Å². The summed E-state index contributed by atoms with van der Waals surface area (Å²) in [6, 6.07) is 7.59. The Kier molecular flexibility index (Phi) is 5.05. The summed E-state index contributed by atoms with van der Waals surface area (Å²) in [5, 5.41) is 4.52. The zero-order chi connectivity index (χ0) is 21.4. The van der Waals surface area contributed by atoms with Crippen LogP contribution in [0, 0.1) is 0 Å². The van der Waals surface area contributed by atoms with Gasteiger partial charge in [-0.1, -0.05) is 13.3 Å². The molecule has 0 atom stereocenters. The average molecular weight is 419 g/mol. The molecule has 1 saturated carbocycles. The number of fused-ring (bicyclic) bond motifs is 1. The highest BCUT2D eigenvalue weighted by Gasteiger charge is 2.34. The Bertz CT molecular complexity index is 1120. The number of rotatable bonds is 7. The van der Waals surface area contributed by atoms with Crippen molar-refractivity contribution in [1.29, 1.82) is 0 Å². The van der Waals surface area contributed by atoms with E-state index < -0.39 is 0 Å². The van der Waals surface area contributed by atoms with Crippen LogP contribution in [0.25, 0.3) is 17.2 Å². The van der Waals surface area contributed by atoms with Gasteiger partial charge < -0.3 is 14.4 Å². The van der Waals surface area contributed by atoms with Gasteiger partial charge in [-0.3, -0.25) is 4.79 Å². The summed E-state index contributed by atoms with van der Waals surface area (Å²) < 4.78 is 12.6. The van der Waals surface area contributed by atoms with Crippen LogP contribution < -0.4 is 9.47 Å². The molecule has 1 aliphatic carbocycles. The molecule has 1 aliphatic heterocycles. The molecule has 0 N–H and O–H groups in total. The van der Waals surface area contributed by atoms with Crippen LogP contribution >= 0.6 is 0 Å². The lowest BCUT2D eigenvalue weighted by Crippen LogP contribution is -2.28. The first-order valence-corrected chi connectivity index (χ1v) is 10.7. The molecule has 8 nitrogen and oxygen atoms in total. The summed E-state index contributed by atoms with van der Waals surface area (Å²) in [7, 11) is 1.85. The van der Waals surface area contributed by atoms with Gasteiger partial charge in [0.15, 0.2) is 11.5 Å². The Morgan fingerprint density at radius 2 is 2.06 bits per heavy atom. The molecule has 0 spiro atoms. The summed E-state index contributed by atoms with van der Waals surface area (Å²) in [6.07, 6.45) is 7.51. The van der Waals surface area contributed by atoms with Crippen molar-refractivity contribution < 1.29 is 14.3 Å². The van der Waals surface area contributed by atoms with Crippen molar-refractivity contribution in [2.45, 2.75) is 38.5 Å². The Morgan fingerprint density at radius 1 is 1.23 bits per heavy atom. The summed E-state index contributed by atoms with van der Waals surface area (Å²) in [5.41, 5.74) is 3.23. The third kappa shape index (κ3) is 3.73. The van der Waals surface area contributed by atoms with Gasteiger partial charge in [-0.2, -0.15) is 5.10 Å². The maximum atomic E-state index is 13.1. The van der Waals surface area contributed by atoms with E-state index in [2.05, 4.69) is 17.0 Å². The van der Waals surface area contributed by atoms with E-state index in [0.717, 1.165) is 54.9 Å². The molecule has 8 heteroatoms.